The van der Waals surface area contributed by atoms with E-state index in [9.17, 15) is 8.78 Å². The predicted octanol–water partition coefficient (Wildman–Crippen LogP) is 3.49. The number of hydrogen-bond donors (Lipinski definition) is 1. The Kier molecular flexibility index (Phi) is 4.21. The van der Waals surface area contributed by atoms with Crippen LogP contribution in [0, 0.1) is 18.6 Å². The maximum atomic E-state index is 14.0. The van der Waals surface area contributed by atoms with Crippen LogP contribution < -0.4 is 5.32 Å². The zero-order valence-corrected chi connectivity index (χ0v) is 11.7. The lowest BCUT2D eigenvalue weighted by Crippen LogP contribution is -2.49. The molecule has 0 aromatic heterocycles. The second-order valence-corrected chi connectivity index (χ2v) is 5.56. The summed E-state index contributed by atoms with van der Waals surface area (Å²) in [5.41, 5.74) is 0.310. The van der Waals surface area contributed by atoms with Crippen molar-refractivity contribution in [3.05, 3.63) is 34.9 Å². The monoisotopic (exact) mass is 269 g/mol. The van der Waals surface area contributed by atoms with Crippen LogP contribution in [-0.2, 0) is 4.74 Å². The van der Waals surface area contributed by atoms with Gasteiger partial charge in [-0.05, 0) is 38.0 Å². The van der Waals surface area contributed by atoms with E-state index in [-0.39, 0.29) is 11.4 Å². The van der Waals surface area contributed by atoms with E-state index < -0.39 is 11.9 Å². The molecule has 1 saturated heterocycles. The predicted molar refractivity (Wildman–Crippen MR) is 71.1 cm³/mol. The topological polar surface area (TPSA) is 21.3 Å². The minimum Gasteiger partial charge on any atom is -0.365 e. The van der Waals surface area contributed by atoms with Crippen LogP contribution in [-0.4, -0.2) is 18.7 Å². The first-order valence-corrected chi connectivity index (χ1v) is 6.79. The van der Waals surface area contributed by atoms with Gasteiger partial charge in [0.2, 0.25) is 0 Å². The Morgan fingerprint density at radius 2 is 2.11 bits per heavy atom. The van der Waals surface area contributed by atoms with E-state index in [4.69, 9.17) is 4.74 Å². The molecule has 0 aliphatic carbocycles. The van der Waals surface area contributed by atoms with Gasteiger partial charge in [-0.2, -0.15) is 0 Å². The van der Waals surface area contributed by atoms with Gasteiger partial charge >= 0.3 is 0 Å². The standard InChI is InChI=1S/C15H21F2NO/c1-4-5-15(3)9-18-8-14(19-15)11-7-12(16)10(2)6-13(11)17/h6-7,14,18H,4-5,8-9H2,1-3H3. The summed E-state index contributed by atoms with van der Waals surface area (Å²) in [6.07, 6.45) is 1.46. The summed E-state index contributed by atoms with van der Waals surface area (Å²) in [6, 6.07) is 2.49. The summed E-state index contributed by atoms with van der Waals surface area (Å²) in [6.45, 7) is 6.91. The first-order chi connectivity index (χ1) is 8.95. The normalized spacial score (nSPS) is 27.5. The molecule has 1 fully saturated rings. The van der Waals surface area contributed by atoms with Crippen LogP contribution in [0.25, 0.3) is 0 Å². The molecule has 1 heterocycles. The van der Waals surface area contributed by atoms with Gasteiger partial charge in [0, 0.05) is 18.7 Å². The van der Waals surface area contributed by atoms with Gasteiger partial charge in [0.1, 0.15) is 11.6 Å². The Hall–Kier alpha value is -1.00. The van der Waals surface area contributed by atoms with Crippen LogP contribution in [0.2, 0.25) is 0 Å². The number of aryl methyl sites for hydroxylation is 1. The Labute approximate surface area is 113 Å². The molecular weight excluding hydrogens is 248 g/mol. The van der Waals surface area contributed by atoms with Crippen molar-refractivity contribution in [1.29, 1.82) is 0 Å². The number of halogens is 2. The van der Waals surface area contributed by atoms with Gasteiger partial charge in [0.15, 0.2) is 0 Å². The molecule has 1 aliphatic heterocycles. The molecule has 4 heteroatoms. The molecule has 2 unspecified atom stereocenters. The van der Waals surface area contributed by atoms with E-state index in [0.717, 1.165) is 19.4 Å². The minimum absolute atomic E-state index is 0.303. The molecule has 1 aromatic rings. The number of hydrogen-bond acceptors (Lipinski definition) is 2. The van der Waals surface area contributed by atoms with Crippen molar-refractivity contribution in [2.75, 3.05) is 13.1 Å². The fourth-order valence-corrected chi connectivity index (χ4v) is 2.65. The SMILES string of the molecule is CCCC1(C)CNCC(c2cc(F)c(C)cc2F)O1. The third-order valence-electron chi connectivity index (χ3n) is 3.66. The Morgan fingerprint density at radius 3 is 2.79 bits per heavy atom. The fraction of sp³-hybridized carbons (Fsp3) is 0.600. The highest BCUT2D eigenvalue weighted by atomic mass is 19.1. The Bertz CT molecular complexity index is 460. The molecule has 106 valence electrons. The molecule has 2 nitrogen and oxygen atoms in total. The van der Waals surface area contributed by atoms with Crippen molar-refractivity contribution in [3.63, 3.8) is 0 Å². The molecule has 0 spiro atoms. The first kappa shape index (κ1) is 14.4. The van der Waals surface area contributed by atoms with Gasteiger partial charge in [-0.25, -0.2) is 8.78 Å². The van der Waals surface area contributed by atoms with Crippen molar-refractivity contribution in [2.24, 2.45) is 0 Å². The van der Waals surface area contributed by atoms with Crippen molar-refractivity contribution in [2.45, 2.75) is 45.3 Å². The molecule has 1 aromatic carbocycles. The lowest BCUT2D eigenvalue weighted by atomic mass is 9.96. The summed E-state index contributed by atoms with van der Waals surface area (Å²) >= 11 is 0. The molecule has 2 rings (SSSR count). The molecule has 0 saturated carbocycles. The van der Waals surface area contributed by atoms with Crippen molar-refractivity contribution in [1.82, 2.24) is 5.32 Å². The van der Waals surface area contributed by atoms with E-state index >= 15 is 0 Å². The number of morpholine rings is 1. The fourth-order valence-electron chi connectivity index (χ4n) is 2.65. The molecule has 1 N–H and O–H groups in total. The number of ether oxygens (including phenoxy) is 1. The number of rotatable bonds is 3. The van der Waals surface area contributed by atoms with Gasteiger partial charge in [0.05, 0.1) is 11.7 Å². The summed E-state index contributed by atoms with van der Waals surface area (Å²) in [7, 11) is 0. The maximum absolute atomic E-state index is 14.0. The van der Waals surface area contributed by atoms with Gasteiger partial charge in [-0.15, -0.1) is 0 Å². The van der Waals surface area contributed by atoms with Crippen LogP contribution in [0.1, 0.15) is 43.9 Å². The van der Waals surface area contributed by atoms with Crippen LogP contribution in [0.4, 0.5) is 8.78 Å². The first-order valence-electron chi connectivity index (χ1n) is 6.79. The van der Waals surface area contributed by atoms with E-state index in [0.29, 0.717) is 17.7 Å². The van der Waals surface area contributed by atoms with Gasteiger partial charge < -0.3 is 10.1 Å². The molecule has 0 amide bonds. The largest absolute Gasteiger partial charge is 0.365 e. The average Bonchev–Trinajstić information content (AvgIpc) is 2.33. The smallest absolute Gasteiger partial charge is 0.129 e. The van der Waals surface area contributed by atoms with Crippen LogP contribution in [0.3, 0.4) is 0 Å². The third kappa shape index (κ3) is 3.12. The minimum atomic E-state index is -0.430. The summed E-state index contributed by atoms with van der Waals surface area (Å²) in [4.78, 5) is 0. The van der Waals surface area contributed by atoms with E-state index in [2.05, 4.69) is 12.2 Å². The molecule has 0 radical (unpaired) electrons. The number of nitrogens with one attached hydrogen (secondary N) is 1. The number of benzene rings is 1. The molecular formula is C15H21F2NO. The highest BCUT2D eigenvalue weighted by Crippen LogP contribution is 2.32. The highest BCUT2D eigenvalue weighted by molar-refractivity contribution is 5.27. The quantitative estimate of drug-likeness (QED) is 0.907. The van der Waals surface area contributed by atoms with Gasteiger partial charge in [-0.3, -0.25) is 0 Å². The Morgan fingerprint density at radius 1 is 1.37 bits per heavy atom. The second-order valence-electron chi connectivity index (χ2n) is 5.56. The summed E-state index contributed by atoms with van der Waals surface area (Å²) < 4.78 is 33.6. The summed E-state index contributed by atoms with van der Waals surface area (Å²) in [5, 5.41) is 3.26. The molecule has 0 bridgehead atoms. The molecule has 2 atom stereocenters. The zero-order valence-electron chi connectivity index (χ0n) is 11.7. The lowest BCUT2D eigenvalue weighted by Gasteiger charge is -2.39. The van der Waals surface area contributed by atoms with Crippen molar-refractivity contribution >= 4 is 0 Å². The molecule has 19 heavy (non-hydrogen) atoms. The summed E-state index contributed by atoms with van der Waals surface area (Å²) in [5.74, 6) is -0.783. The zero-order chi connectivity index (χ0) is 14.0. The van der Waals surface area contributed by atoms with Crippen molar-refractivity contribution < 1.29 is 13.5 Å². The Balaban J connectivity index is 2.24. The van der Waals surface area contributed by atoms with Crippen LogP contribution >= 0.6 is 0 Å². The average molecular weight is 269 g/mol. The van der Waals surface area contributed by atoms with Gasteiger partial charge in [0.25, 0.3) is 0 Å². The maximum Gasteiger partial charge on any atom is 0.129 e. The van der Waals surface area contributed by atoms with E-state index in [1.807, 2.05) is 6.92 Å². The van der Waals surface area contributed by atoms with E-state index in [1.165, 1.54) is 12.1 Å². The second kappa shape index (κ2) is 5.55. The van der Waals surface area contributed by atoms with E-state index in [1.54, 1.807) is 6.92 Å². The van der Waals surface area contributed by atoms with Crippen molar-refractivity contribution in [3.8, 4) is 0 Å². The molecule has 1 aliphatic rings. The van der Waals surface area contributed by atoms with Gasteiger partial charge in [-0.1, -0.05) is 13.3 Å². The lowest BCUT2D eigenvalue weighted by molar-refractivity contribution is -0.113. The van der Waals surface area contributed by atoms with Crippen LogP contribution in [0.5, 0.6) is 0 Å². The highest BCUT2D eigenvalue weighted by Gasteiger charge is 2.34. The third-order valence-corrected chi connectivity index (χ3v) is 3.66. The van der Waals surface area contributed by atoms with Crippen LogP contribution in [0.15, 0.2) is 12.1 Å².